The predicted octanol–water partition coefficient (Wildman–Crippen LogP) is 3.72. The fourth-order valence-corrected chi connectivity index (χ4v) is 3.22. The van der Waals surface area contributed by atoms with E-state index >= 15 is 0 Å². The zero-order valence-electron chi connectivity index (χ0n) is 13.8. The van der Waals surface area contributed by atoms with E-state index in [1.807, 2.05) is 0 Å². The first kappa shape index (κ1) is 18.1. The predicted molar refractivity (Wildman–Crippen MR) is 89.6 cm³/mol. The molecule has 0 aliphatic rings. The number of pyridine rings is 1. The zero-order chi connectivity index (χ0) is 19.1. The Morgan fingerprint density at radius 3 is 2.42 bits per heavy atom. The maximum atomic E-state index is 14.2. The van der Waals surface area contributed by atoms with Gasteiger partial charge >= 0.3 is 0 Å². The van der Waals surface area contributed by atoms with Crippen LogP contribution in [0.4, 0.5) is 13.2 Å². The fraction of sp³-hybridized carbons (Fsp3) is 0.176. The maximum Gasteiger partial charge on any atom is 0.282 e. The van der Waals surface area contributed by atoms with Crippen LogP contribution in [0.3, 0.4) is 0 Å². The number of aromatic nitrogens is 3. The molecule has 0 aliphatic carbocycles. The Morgan fingerprint density at radius 2 is 1.85 bits per heavy atom. The van der Waals surface area contributed by atoms with Crippen LogP contribution in [-0.2, 0) is 9.84 Å². The van der Waals surface area contributed by atoms with Gasteiger partial charge in [-0.25, -0.2) is 26.3 Å². The lowest BCUT2D eigenvalue weighted by Gasteiger charge is -2.09. The Kier molecular flexibility index (Phi) is 4.57. The number of aryl methyl sites for hydroxylation is 1. The van der Waals surface area contributed by atoms with Crippen LogP contribution < -0.4 is 0 Å². The summed E-state index contributed by atoms with van der Waals surface area (Å²) in [6.07, 6.45) is -1.93. The Balaban J connectivity index is 2.20. The standard InChI is InChI=1S/C17H14F3N3O2S/c1-10-4-3-5-13(21-10)15-9-14(17(19)20)22-23(15)11-6-7-16(12(18)8-11)26(2,24)25/h3-9,17H,1-2H3. The highest BCUT2D eigenvalue weighted by molar-refractivity contribution is 7.90. The van der Waals surface area contributed by atoms with E-state index in [0.29, 0.717) is 11.4 Å². The van der Waals surface area contributed by atoms with Crippen molar-refractivity contribution in [3.63, 3.8) is 0 Å². The minimum absolute atomic E-state index is 0.111. The molecule has 1 aromatic carbocycles. The molecule has 2 heterocycles. The third kappa shape index (κ3) is 3.48. The molecule has 136 valence electrons. The van der Waals surface area contributed by atoms with Crippen LogP contribution in [0.15, 0.2) is 47.4 Å². The van der Waals surface area contributed by atoms with Crippen molar-refractivity contribution < 1.29 is 21.6 Å². The molecule has 0 spiro atoms. The lowest BCUT2D eigenvalue weighted by atomic mass is 10.2. The third-order valence-electron chi connectivity index (χ3n) is 3.66. The SMILES string of the molecule is Cc1cccc(-c2cc(C(F)F)nn2-c2ccc(S(C)(=O)=O)c(F)c2)n1. The second kappa shape index (κ2) is 6.56. The highest BCUT2D eigenvalue weighted by Crippen LogP contribution is 2.28. The molecule has 9 heteroatoms. The molecule has 0 aliphatic heterocycles. The molecular weight excluding hydrogens is 367 g/mol. The number of alkyl halides is 2. The fourth-order valence-electron chi connectivity index (χ4n) is 2.49. The highest BCUT2D eigenvalue weighted by atomic mass is 32.2. The van der Waals surface area contributed by atoms with Gasteiger partial charge in [-0.05, 0) is 37.3 Å². The van der Waals surface area contributed by atoms with Crippen LogP contribution in [0, 0.1) is 12.7 Å². The summed E-state index contributed by atoms with van der Waals surface area (Å²) in [6, 6.07) is 9.59. The molecule has 0 atom stereocenters. The van der Waals surface area contributed by atoms with E-state index in [4.69, 9.17) is 0 Å². The molecule has 0 amide bonds. The number of hydrogen-bond donors (Lipinski definition) is 0. The molecule has 3 rings (SSSR count). The molecule has 0 saturated carbocycles. The summed E-state index contributed by atoms with van der Waals surface area (Å²) in [6.45, 7) is 1.75. The largest absolute Gasteiger partial charge is 0.282 e. The minimum Gasteiger partial charge on any atom is -0.251 e. The van der Waals surface area contributed by atoms with Gasteiger partial charge in [0.05, 0.1) is 17.1 Å². The molecule has 2 aromatic heterocycles. The Labute approximate surface area is 148 Å². The normalized spacial score (nSPS) is 11.9. The van der Waals surface area contributed by atoms with E-state index in [-0.39, 0.29) is 11.4 Å². The van der Waals surface area contributed by atoms with Crippen LogP contribution in [0.2, 0.25) is 0 Å². The van der Waals surface area contributed by atoms with Crippen molar-refractivity contribution in [2.24, 2.45) is 0 Å². The van der Waals surface area contributed by atoms with Crippen molar-refractivity contribution >= 4 is 9.84 Å². The summed E-state index contributed by atoms with van der Waals surface area (Å²) in [5, 5.41) is 3.83. The average Bonchev–Trinajstić information content (AvgIpc) is 2.99. The number of rotatable bonds is 4. The van der Waals surface area contributed by atoms with Crippen LogP contribution in [0.25, 0.3) is 17.1 Å². The van der Waals surface area contributed by atoms with Crippen molar-refractivity contribution in [3.05, 3.63) is 59.7 Å². The molecule has 0 radical (unpaired) electrons. The molecule has 0 unspecified atom stereocenters. The summed E-state index contributed by atoms with van der Waals surface area (Å²) < 4.78 is 64.7. The van der Waals surface area contributed by atoms with E-state index in [2.05, 4.69) is 10.1 Å². The monoisotopic (exact) mass is 381 g/mol. The highest BCUT2D eigenvalue weighted by Gasteiger charge is 2.20. The van der Waals surface area contributed by atoms with E-state index in [1.165, 1.54) is 12.1 Å². The molecule has 0 saturated heterocycles. The first-order chi connectivity index (χ1) is 12.2. The van der Waals surface area contributed by atoms with E-state index in [9.17, 15) is 21.6 Å². The molecule has 0 N–H and O–H groups in total. The van der Waals surface area contributed by atoms with Crippen molar-refractivity contribution in [2.45, 2.75) is 18.2 Å². The van der Waals surface area contributed by atoms with E-state index in [0.717, 1.165) is 23.1 Å². The van der Waals surface area contributed by atoms with Crippen LogP contribution >= 0.6 is 0 Å². The minimum atomic E-state index is -3.75. The Morgan fingerprint density at radius 1 is 1.12 bits per heavy atom. The third-order valence-corrected chi connectivity index (χ3v) is 4.79. The molecule has 0 bridgehead atoms. The Hall–Kier alpha value is -2.68. The summed E-state index contributed by atoms with van der Waals surface area (Å²) in [5.74, 6) is -0.984. The number of nitrogens with zero attached hydrogens (tertiary/aromatic N) is 3. The van der Waals surface area contributed by atoms with Crippen LogP contribution in [0.5, 0.6) is 0 Å². The number of halogens is 3. The summed E-state index contributed by atoms with van der Waals surface area (Å²) in [4.78, 5) is 3.81. The van der Waals surface area contributed by atoms with Gasteiger partial charge in [0.2, 0.25) is 0 Å². The second-order valence-electron chi connectivity index (χ2n) is 5.72. The van der Waals surface area contributed by atoms with Crippen LogP contribution in [0.1, 0.15) is 17.8 Å². The number of hydrogen-bond acceptors (Lipinski definition) is 4. The molecular formula is C17H14F3N3O2S. The smallest absolute Gasteiger partial charge is 0.251 e. The van der Waals surface area contributed by atoms with Gasteiger partial charge in [0.15, 0.2) is 9.84 Å². The molecule has 26 heavy (non-hydrogen) atoms. The van der Waals surface area contributed by atoms with Gasteiger partial charge in [-0.2, -0.15) is 5.10 Å². The van der Waals surface area contributed by atoms with Gasteiger partial charge in [-0.1, -0.05) is 6.07 Å². The van der Waals surface area contributed by atoms with Crippen molar-refractivity contribution in [3.8, 4) is 17.1 Å². The Bertz CT molecular complexity index is 1080. The van der Waals surface area contributed by atoms with E-state index < -0.39 is 32.7 Å². The van der Waals surface area contributed by atoms with Gasteiger partial charge in [0, 0.05) is 18.0 Å². The molecule has 0 fully saturated rings. The van der Waals surface area contributed by atoms with Crippen molar-refractivity contribution in [1.29, 1.82) is 0 Å². The number of benzene rings is 1. The molecule has 5 nitrogen and oxygen atoms in total. The average molecular weight is 381 g/mol. The summed E-state index contributed by atoms with van der Waals surface area (Å²) in [7, 11) is -3.75. The van der Waals surface area contributed by atoms with Crippen molar-refractivity contribution in [2.75, 3.05) is 6.26 Å². The maximum absolute atomic E-state index is 14.2. The zero-order valence-corrected chi connectivity index (χ0v) is 14.6. The van der Waals surface area contributed by atoms with Gasteiger partial charge in [-0.3, -0.25) is 4.98 Å². The quantitative estimate of drug-likeness (QED) is 0.691. The van der Waals surface area contributed by atoms with Gasteiger partial charge in [-0.15, -0.1) is 0 Å². The van der Waals surface area contributed by atoms with Gasteiger partial charge < -0.3 is 0 Å². The summed E-state index contributed by atoms with van der Waals surface area (Å²) in [5.41, 5.74) is 0.927. The number of sulfone groups is 1. The first-order valence-corrected chi connectivity index (χ1v) is 9.38. The topological polar surface area (TPSA) is 64.8 Å². The van der Waals surface area contributed by atoms with Gasteiger partial charge in [0.25, 0.3) is 6.43 Å². The first-order valence-electron chi connectivity index (χ1n) is 7.49. The van der Waals surface area contributed by atoms with Gasteiger partial charge in [0.1, 0.15) is 16.4 Å². The summed E-state index contributed by atoms with van der Waals surface area (Å²) >= 11 is 0. The lowest BCUT2D eigenvalue weighted by molar-refractivity contribution is 0.145. The van der Waals surface area contributed by atoms with E-state index in [1.54, 1.807) is 25.1 Å². The molecule has 3 aromatic rings. The second-order valence-corrected chi connectivity index (χ2v) is 7.70. The van der Waals surface area contributed by atoms with Crippen molar-refractivity contribution in [1.82, 2.24) is 14.8 Å². The van der Waals surface area contributed by atoms with Crippen LogP contribution in [-0.4, -0.2) is 29.4 Å². The lowest BCUT2D eigenvalue weighted by Crippen LogP contribution is -2.05.